The summed E-state index contributed by atoms with van der Waals surface area (Å²) in [7, 11) is 1.51. The smallest absolute Gasteiger partial charge is 0.329 e. The monoisotopic (exact) mass is 252 g/mol. The van der Waals surface area contributed by atoms with Crippen molar-refractivity contribution in [3.63, 3.8) is 0 Å². The highest BCUT2D eigenvalue weighted by molar-refractivity contribution is 5.70. The number of rotatable bonds is 4. The molecule has 0 aliphatic rings. The minimum absolute atomic E-state index is 0.0172. The normalized spacial score (nSPS) is 10.9. The molecule has 2 aromatic rings. The van der Waals surface area contributed by atoms with Gasteiger partial charge in [0.2, 0.25) is 0 Å². The Hall–Kier alpha value is -2.38. The average molecular weight is 252 g/mol. The molecular formula is C10H12N4O4. The summed E-state index contributed by atoms with van der Waals surface area (Å²) in [6.07, 6.45) is 1.84. The summed E-state index contributed by atoms with van der Waals surface area (Å²) in [6.45, 7) is 0.365. The van der Waals surface area contributed by atoms with E-state index in [-0.39, 0.29) is 11.9 Å². The number of hydrogen-bond acceptors (Lipinski definition) is 4. The summed E-state index contributed by atoms with van der Waals surface area (Å²) in [5.74, 6) is -0.888. The molecule has 0 saturated heterocycles. The summed E-state index contributed by atoms with van der Waals surface area (Å²) < 4.78 is 2.79. The highest BCUT2D eigenvalue weighted by Gasteiger charge is 2.11. The van der Waals surface area contributed by atoms with E-state index in [4.69, 9.17) is 5.11 Å². The van der Waals surface area contributed by atoms with Crippen molar-refractivity contribution in [1.29, 1.82) is 0 Å². The lowest BCUT2D eigenvalue weighted by atomic mass is 10.3. The van der Waals surface area contributed by atoms with Crippen molar-refractivity contribution in [2.75, 3.05) is 0 Å². The molecular weight excluding hydrogens is 240 g/mol. The first-order chi connectivity index (χ1) is 8.50. The number of nitrogens with zero attached hydrogens (tertiary/aromatic N) is 3. The van der Waals surface area contributed by atoms with Crippen LogP contribution in [0.4, 0.5) is 0 Å². The summed E-state index contributed by atoms with van der Waals surface area (Å²) in [5, 5.41) is 8.55. The molecule has 2 N–H and O–H groups in total. The highest BCUT2D eigenvalue weighted by atomic mass is 16.4. The Labute approximate surface area is 101 Å². The zero-order valence-electron chi connectivity index (χ0n) is 9.71. The Bertz CT molecular complexity index is 709. The molecule has 0 bridgehead atoms. The van der Waals surface area contributed by atoms with Crippen LogP contribution in [-0.2, 0) is 18.4 Å². The number of aromatic amines is 1. The predicted octanol–water partition coefficient (Wildman–Crippen LogP) is -0.712. The first kappa shape index (κ1) is 12.1. The second-order valence-corrected chi connectivity index (χ2v) is 3.93. The summed E-state index contributed by atoms with van der Waals surface area (Å²) in [5.41, 5.74) is -0.467. The van der Waals surface area contributed by atoms with E-state index in [9.17, 15) is 14.4 Å². The number of fused-ring (bicyclic) bond motifs is 1. The van der Waals surface area contributed by atoms with Gasteiger partial charge < -0.3 is 9.67 Å². The van der Waals surface area contributed by atoms with Gasteiger partial charge in [0.15, 0.2) is 11.2 Å². The topological polar surface area (TPSA) is 110 Å². The van der Waals surface area contributed by atoms with Crippen molar-refractivity contribution in [1.82, 2.24) is 19.1 Å². The van der Waals surface area contributed by atoms with Crippen molar-refractivity contribution < 1.29 is 9.90 Å². The number of carboxylic acid groups (broad SMARTS) is 1. The van der Waals surface area contributed by atoms with Gasteiger partial charge in [-0.2, -0.15) is 0 Å². The zero-order chi connectivity index (χ0) is 13.3. The molecule has 8 heteroatoms. The van der Waals surface area contributed by atoms with E-state index >= 15 is 0 Å². The van der Waals surface area contributed by atoms with E-state index in [2.05, 4.69) is 9.97 Å². The second kappa shape index (κ2) is 4.47. The molecule has 8 nitrogen and oxygen atoms in total. The predicted molar refractivity (Wildman–Crippen MR) is 62.5 cm³/mol. The van der Waals surface area contributed by atoms with Gasteiger partial charge >= 0.3 is 11.7 Å². The minimum atomic E-state index is -0.888. The van der Waals surface area contributed by atoms with E-state index in [0.29, 0.717) is 18.6 Å². The summed E-state index contributed by atoms with van der Waals surface area (Å²) in [6, 6.07) is 0. The third-order valence-electron chi connectivity index (χ3n) is 2.67. The largest absolute Gasteiger partial charge is 0.481 e. The third kappa shape index (κ3) is 2.04. The number of aromatic nitrogens is 4. The minimum Gasteiger partial charge on any atom is -0.481 e. The van der Waals surface area contributed by atoms with Gasteiger partial charge in [0.05, 0.1) is 6.33 Å². The molecule has 18 heavy (non-hydrogen) atoms. The van der Waals surface area contributed by atoms with Crippen molar-refractivity contribution >= 4 is 17.1 Å². The van der Waals surface area contributed by atoms with Crippen LogP contribution in [-0.4, -0.2) is 30.2 Å². The van der Waals surface area contributed by atoms with Crippen LogP contribution in [0, 0.1) is 0 Å². The molecule has 0 atom stereocenters. The molecule has 0 aromatic carbocycles. The first-order valence-corrected chi connectivity index (χ1v) is 5.36. The molecule has 0 aliphatic heterocycles. The number of nitrogens with one attached hydrogen (secondary N) is 1. The van der Waals surface area contributed by atoms with E-state index < -0.39 is 17.2 Å². The van der Waals surface area contributed by atoms with Crippen LogP contribution >= 0.6 is 0 Å². The average Bonchev–Trinajstić information content (AvgIpc) is 2.70. The van der Waals surface area contributed by atoms with Crippen LogP contribution in [0.5, 0.6) is 0 Å². The molecule has 2 aromatic heterocycles. The fraction of sp³-hybridized carbons (Fsp3) is 0.400. The highest BCUT2D eigenvalue weighted by Crippen LogP contribution is 2.06. The van der Waals surface area contributed by atoms with Gasteiger partial charge in [-0.25, -0.2) is 9.78 Å². The number of aryl methyl sites for hydroxylation is 2. The fourth-order valence-electron chi connectivity index (χ4n) is 1.76. The Kier molecular flexibility index (Phi) is 3.00. The SMILES string of the molecule is Cn1c(=O)[nH]c(=O)c2c1ncn2CCCC(=O)O. The molecule has 0 fully saturated rings. The number of H-pyrrole nitrogens is 1. The van der Waals surface area contributed by atoms with E-state index in [0.717, 1.165) is 0 Å². The Morgan fingerprint density at radius 2 is 2.22 bits per heavy atom. The van der Waals surface area contributed by atoms with Crippen molar-refractivity contribution in [2.24, 2.45) is 7.05 Å². The number of carbonyl (C=O) groups is 1. The van der Waals surface area contributed by atoms with Crippen molar-refractivity contribution in [3.8, 4) is 0 Å². The lowest BCUT2D eigenvalue weighted by molar-refractivity contribution is -0.137. The van der Waals surface area contributed by atoms with Gasteiger partial charge in [0.1, 0.15) is 0 Å². The van der Waals surface area contributed by atoms with Gasteiger partial charge in [0.25, 0.3) is 5.56 Å². The van der Waals surface area contributed by atoms with Crippen LogP contribution in [0.15, 0.2) is 15.9 Å². The van der Waals surface area contributed by atoms with Crippen LogP contribution in [0.2, 0.25) is 0 Å². The van der Waals surface area contributed by atoms with Crippen molar-refractivity contribution in [3.05, 3.63) is 27.2 Å². The van der Waals surface area contributed by atoms with E-state index in [1.54, 1.807) is 4.57 Å². The molecule has 0 aliphatic carbocycles. The molecule has 0 radical (unpaired) electrons. The fourth-order valence-corrected chi connectivity index (χ4v) is 1.76. The molecule has 0 unspecified atom stereocenters. The lowest BCUT2D eigenvalue weighted by Gasteiger charge is -2.02. The summed E-state index contributed by atoms with van der Waals surface area (Å²) >= 11 is 0. The maximum Gasteiger partial charge on any atom is 0.329 e. The van der Waals surface area contributed by atoms with Crippen LogP contribution < -0.4 is 11.2 Å². The van der Waals surface area contributed by atoms with Crippen LogP contribution in [0.25, 0.3) is 11.2 Å². The van der Waals surface area contributed by atoms with Gasteiger partial charge in [-0.15, -0.1) is 0 Å². The van der Waals surface area contributed by atoms with Gasteiger partial charge in [-0.3, -0.25) is 19.1 Å². The van der Waals surface area contributed by atoms with Gasteiger partial charge in [-0.05, 0) is 6.42 Å². The van der Waals surface area contributed by atoms with Crippen LogP contribution in [0.1, 0.15) is 12.8 Å². The Morgan fingerprint density at radius 3 is 2.89 bits per heavy atom. The molecule has 0 spiro atoms. The molecule has 2 rings (SSSR count). The molecule has 0 saturated carbocycles. The van der Waals surface area contributed by atoms with Crippen molar-refractivity contribution in [2.45, 2.75) is 19.4 Å². The van der Waals surface area contributed by atoms with E-state index in [1.807, 2.05) is 0 Å². The van der Waals surface area contributed by atoms with E-state index in [1.165, 1.54) is 17.9 Å². The third-order valence-corrected chi connectivity index (χ3v) is 2.67. The first-order valence-electron chi connectivity index (χ1n) is 5.36. The number of imidazole rings is 1. The standard InChI is InChI=1S/C10H12N4O4/c1-13-8-7(9(17)12-10(13)18)14(5-11-8)4-2-3-6(15)16/h5H,2-4H2,1H3,(H,15,16)(H,12,17,18). The maximum absolute atomic E-state index is 11.7. The second-order valence-electron chi connectivity index (χ2n) is 3.93. The van der Waals surface area contributed by atoms with Crippen LogP contribution in [0.3, 0.4) is 0 Å². The van der Waals surface area contributed by atoms with Gasteiger partial charge in [0, 0.05) is 20.0 Å². The summed E-state index contributed by atoms with van der Waals surface area (Å²) in [4.78, 5) is 39.6. The number of aliphatic carboxylic acids is 1. The number of hydrogen-bond donors (Lipinski definition) is 2. The molecule has 96 valence electrons. The molecule has 0 amide bonds. The van der Waals surface area contributed by atoms with Gasteiger partial charge in [-0.1, -0.05) is 0 Å². The maximum atomic E-state index is 11.7. The Balaban J connectivity index is 2.42. The Morgan fingerprint density at radius 1 is 1.50 bits per heavy atom. The lowest BCUT2D eigenvalue weighted by Crippen LogP contribution is -2.29. The molecule has 2 heterocycles. The quantitative estimate of drug-likeness (QED) is 0.746. The zero-order valence-corrected chi connectivity index (χ0v) is 9.71. The number of carboxylic acids is 1.